The van der Waals surface area contributed by atoms with Gasteiger partial charge in [0, 0.05) is 6.42 Å². The van der Waals surface area contributed by atoms with Crippen LogP contribution in [0.25, 0.3) is 5.69 Å². The zero-order valence-electron chi connectivity index (χ0n) is 15.1. The van der Waals surface area contributed by atoms with E-state index in [9.17, 15) is 4.79 Å². The Kier molecular flexibility index (Phi) is 6.44. The molecule has 2 aromatic carbocycles. The molecule has 0 aliphatic heterocycles. The molecular formula is C20H21ClN4O2. The Hall–Kier alpha value is -2.86. The molecule has 0 aliphatic rings. The van der Waals surface area contributed by atoms with Gasteiger partial charge in [0.25, 0.3) is 0 Å². The van der Waals surface area contributed by atoms with Gasteiger partial charge < -0.3 is 10.1 Å². The second-order valence-corrected chi connectivity index (χ2v) is 6.55. The molecule has 0 unspecified atom stereocenters. The van der Waals surface area contributed by atoms with Crippen LogP contribution in [0.4, 0.5) is 5.69 Å². The molecule has 0 radical (unpaired) electrons. The van der Waals surface area contributed by atoms with Crippen molar-refractivity contribution in [3.8, 4) is 11.4 Å². The summed E-state index contributed by atoms with van der Waals surface area (Å²) in [6, 6.07) is 13.3. The molecule has 7 heteroatoms. The van der Waals surface area contributed by atoms with E-state index in [0.717, 1.165) is 24.2 Å². The Bertz CT molecular complexity index is 897. The molecule has 0 spiro atoms. The standard InChI is InChI=1S/C20H21ClN4O2/c1-15-6-4-7-16(12-15)27-11-3-2-10-19(26)24-18-9-5-8-17(21)20(18)25-14-22-13-23-25/h4-9,12-14H,2-3,10-11H2,1H3,(H,24,26). The number of nitrogens with one attached hydrogen (secondary N) is 1. The van der Waals surface area contributed by atoms with E-state index in [4.69, 9.17) is 16.3 Å². The van der Waals surface area contributed by atoms with E-state index in [-0.39, 0.29) is 5.91 Å². The number of unbranched alkanes of at least 4 members (excludes halogenated alkanes) is 1. The van der Waals surface area contributed by atoms with E-state index in [1.807, 2.05) is 31.2 Å². The van der Waals surface area contributed by atoms with Crippen LogP contribution in [0.5, 0.6) is 5.75 Å². The van der Waals surface area contributed by atoms with Crippen LogP contribution in [0.3, 0.4) is 0 Å². The number of hydrogen-bond donors (Lipinski definition) is 1. The number of ether oxygens (including phenoxy) is 1. The van der Waals surface area contributed by atoms with Crippen LogP contribution in [-0.2, 0) is 4.79 Å². The summed E-state index contributed by atoms with van der Waals surface area (Å²) in [4.78, 5) is 16.2. The zero-order valence-corrected chi connectivity index (χ0v) is 15.8. The van der Waals surface area contributed by atoms with Gasteiger partial charge in [-0.1, -0.05) is 29.8 Å². The number of nitrogens with zero attached hydrogens (tertiary/aromatic N) is 3. The summed E-state index contributed by atoms with van der Waals surface area (Å²) in [5, 5.41) is 7.48. The molecule has 6 nitrogen and oxygen atoms in total. The number of amides is 1. The largest absolute Gasteiger partial charge is 0.494 e. The van der Waals surface area contributed by atoms with Gasteiger partial charge in [-0.15, -0.1) is 0 Å². The number of carbonyl (C=O) groups is 1. The molecule has 140 valence electrons. The highest BCUT2D eigenvalue weighted by atomic mass is 35.5. The summed E-state index contributed by atoms with van der Waals surface area (Å²) in [6.07, 6.45) is 4.90. The Morgan fingerprint density at radius 2 is 2.07 bits per heavy atom. The molecule has 0 bridgehead atoms. The normalized spacial score (nSPS) is 10.6. The van der Waals surface area contributed by atoms with Crippen LogP contribution in [-0.4, -0.2) is 27.3 Å². The molecule has 0 aliphatic carbocycles. The maximum Gasteiger partial charge on any atom is 0.224 e. The van der Waals surface area contributed by atoms with E-state index in [1.54, 1.807) is 24.5 Å². The average molecular weight is 385 g/mol. The van der Waals surface area contributed by atoms with Crippen molar-refractivity contribution in [3.05, 3.63) is 65.7 Å². The van der Waals surface area contributed by atoms with Crippen LogP contribution in [0.15, 0.2) is 55.1 Å². The third-order valence-electron chi connectivity index (χ3n) is 3.97. The first-order chi connectivity index (χ1) is 13.1. The number of benzene rings is 2. The van der Waals surface area contributed by atoms with Gasteiger partial charge in [0.2, 0.25) is 5.91 Å². The molecule has 3 rings (SSSR count). The van der Waals surface area contributed by atoms with Crippen molar-refractivity contribution in [2.75, 3.05) is 11.9 Å². The van der Waals surface area contributed by atoms with Gasteiger partial charge in [0.05, 0.1) is 17.3 Å². The van der Waals surface area contributed by atoms with Crippen LogP contribution in [0.1, 0.15) is 24.8 Å². The van der Waals surface area contributed by atoms with E-state index in [2.05, 4.69) is 15.4 Å². The summed E-state index contributed by atoms with van der Waals surface area (Å²) >= 11 is 6.26. The second kappa shape index (κ2) is 9.19. The van der Waals surface area contributed by atoms with Crippen LogP contribution in [0, 0.1) is 6.92 Å². The molecule has 1 amide bonds. The molecule has 0 saturated heterocycles. The summed E-state index contributed by atoms with van der Waals surface area (Å²) in [5.41, 5.74) is 2.37. The highest BCUT2D eigenvalue weighted by Gasteiger charge is 2.12. The fraction of sp³-hybridized carbons (Fsp3) is 0.250. The van der Waals surface area contributed by atoms with E-state index < -0.39 is 0 Å². The molecular weight excluding hydrogens is 364 g/mol. The summed E-state index contributed by atoms with van der Waals surface area (Å²) in [6.45, 7) is 2.61. The number of carbonyl (C=O) groups excluding carboxylic acids is 1. The Labute approximate surface area is 163 Å². The third-order valence-corrected chi connectivity index (χ3v) is 4.27. The Morgan fingerprint density at radius 1 is 1.22 bits per heavy atom. The van der Waals surface area contributed by atoms with Crippen LogP contribution >= 0.6 is 11.6 Å². The monoisotopic (exact) mass is 384 g/mol. The van der Waals surface area contributed by atoms with Crippen LogP contribution in [0.2, 0.25) is 5.02 Å². The van der Waals surface area contributed by atoms with Crippen molar-refractivity contribution >= 4 is 23.2 Å². The van der Waals surface area contributed by atoms with Gasteiger partial charge in [-0.05, 0) is 49.6 Å². The Morgan fingerprint density at radius 3 is 2.85 bits per heavy atom. The lowest BCUT2D eigenvalue weighted by Gasteiger charge is -2.12. The molecule has 0 atom stereocenters. The number of aryl methyl sites for hydroxylation is 1. The molecule has 3 aromatic rings. The quantitative estimate of drug-likeness (QED) is 0.584. The van der Waals surface area contributed by atoms with Gasteiger partial charge in [-0.25, -0.2) is 9.67 Å². The SMILES string of the molecule is Cc1cccc(OCCCCC(=O)Nc2cccc(Cl)c2-n2cncn2)c1. The zero-order chi connectivity index (χ0) is 19.1. The van der Waals surface area contributed by atoms with Gasteiger partial charge in [0.1, 0.15) is 24.1 Å². The minimum Gasteiger partial charge on any atom is -0.494 e. The lowest BCUT2D eigenvalue weighted by atomic mass is 10.2. The maximum atomic E-state index is 12.3. The first kappa shape index (κ1) is 18.9. The minimum absolute atomic E-state index is 0.0748. The molecule has 0 fully saturated rings. The molecule has 0 saturated carbocycles. The van der Waals surface area contributed by atoms with Gasteiger partial charge in [-0.3, -0.25) is 4.79 Å². The molecule has 1 N–H and O–H groups in total. The lowest BCUT2D eigenvalue weighted by Crippen LogP contribution is -2.14. The van der Waals surface area contributed by atoms with Gasteiger partial charge in [0.15, 0.2) is 0 Å². The van der Waals surface area contributed by atoms with E-state index in [1.165, 1.54) is 11.0 Å². The maximum absolute atomic E-state index is 12.3. The first-order valence-corrected chi connectivity index (χ1v) is 9.14. The Balaban J connectivity index is 1.48. The van der Waals surface area contributed by atoms with Crippen molar-refractivity contribution in [2.45, 2.75) is 26.2 Å². The number of para-hydroxylation sites is 1. The number of anilines is 1. The van der Waals surface area contributed by atoms with Crippen molar-refractivity contribution in [1.82, 2.24) is 14.8 Å². The van der Waals surface area contributed by atoms with Crippen LogP contribution < -0.4 is 10.1 Å². The fourth-order valence-electron chi connectivity index (χ4n) is 2.67. The van der Waals surface area contributed by atoms with Crippen molar-refractivity contribution in [3.63, 3.8) is 0 Å². The van der Waals surface area contributed by atoms with E-state index in [0.29, 0.717) is 29.4 Å². The van der Waals surface area contributed by atoms with Gasteiger partial charge >= 0.3 is 0 Å². The molecule has 1 aromatic heterocycles. The van der Waals surface area contributed by atoms with Crippen molar-refractivity contribution in [1.29, 1.82) is 0 Å². The predicted octanol–water partition coefficient (Wildman–Crippen LogP) is 4.42. The minimum atomic E-state index is -0.0748. The number of rotatable bonds is 8. The predicted molar refractivity (Wildman–Crippen MR) is 106 cm³/mol. The number of aromatic nitrogens is 3. The lowest BCUT2D eigenvalue weighted by molar-refractivity contribution is -0.116. The molecule has 1 heterocycles. The first-order valence-electron chi connectivity index (χ1n) is 8.76. The third kappa shape index (κ3) is 5.31. The topological polar surface area (TPSA) is 69.0 Å². The summed E-state index contributed by atoms with van der Waals surface area (Å²) in [5.74, 6) is 0.782. The second-order valence-electron chi connectivity index (χ2n) is 6.15. The fourth-order valence-corrected chi connectivity index (χ4v) is 2.93. The number of hydrogen-bond acceptors (Lipinski definition) is 4. The highest BCUT2D eigenvalue weighted by molar-refractivity contribution is 6.33. The summed E-state index contributed by atoms with van der Waals surface area (Å²) in [7, 11) is 0. The van der Waals surface area contributed by atoms with Gasteiger partial charge in [-0.2, -0.15) is 5.10 Å². The summed E-state index contributed by atoms with van der Waals surface area (Å²) < 4.78 is 7.24. The highest BCUT2D eigenvalue weighted by Crippen LogP contribution is 2.27. The molecule has 27 heavy (non-hydrogen) atoms. The van der Waals surface area contributed by atoms with Crippen molar-refractivity contribution in [2.24, 2.45) is 0 Å². The van der Waals surface area contributed by atoms with Crippen molar-refractivity contribution < 1.29 is 9.53 Å². The van der Waals surface area contributed by atoms with E-state index >= 15 is 0 Å². The smallest absolute Gasteiger partial charge is 0.224 e. The number of halogens is 1. The average Bonchev–Trinajstić information content (AvgIpc) is 3.16.